The highest BCUT2D eigenvalue weighted by molar-refractivity contribution is 6.03. The summed E-state index contributed by atoms with van der Waals surface area (Å²) in [6.07, 6.45) is 1.68. The molecule has 126 valence electrons. The minimum Gasteiger partial charge on any atom is -0.494 e. The zero-order valence-corrected chi connectivity index (χ0v) is 13.9. The van der Waals surface area contributed by atoms with Gasteiger partial charge in [-0.3, -0.25) is 4.79 Å². The lowest BCUT2D eigenvalue weighted by Gasteiger charge is -2.09. The third-order valence-electron chi connectivity index (χ3n) is 3.50. The normalized spacial score (nSPS) is 10.1. The van der Waals surface area contributed by atoms with Gasteiger partial charge in [0.15, 0.2) is 0 Å². The van der Waals surface area contributed by atoms with Gasteiger partial charge in [0.1, 0.15) is 11.6 Å². The van der Waals surface area contributed by atoms with E-state index in [1.54, 1.807) is 24.4 Å². The average molecular weight is 333 g/mol. The van der Waals surface area contributed by atoms with Crippen LogP contribution in [0, 0.1) is 0 Å². The number of aromatic nitrogens is 1. The van der Waals surface area contributed by atoms with Crippen LogP contribution in [-0.2, 0) is 0 Å². The zero-order chi connectivity index (χ0) is 17.5. The van der Waals surface area contributed by atoms with Gasteiger partial charge >= 0.3 is 0 Å². The van der Waals surface area contributed by atoms with Crippen LogP contribution in [0.25, 0.3) is 0 Å². The molecule has 0 aliphatic heterocycles. The van der Waals surface area contributed by atoms with Crippen LogP contribution in [0.1, 0.15) is 17.3 Å². The summed E-state index contributed by atoms with van der Waals surface area (Å²) < 4.78 is 5.42. The first kappa shape index (κ1) is 16.5. The van der Waals surface area contributed by atoms with Crippen LogP contribution in [0.2, 0.25) is 0 Å². The van der Waals surface area contributed by atoms with E-state index < -0.39 is 0 Å². The first-order valence-electron chi connectivity index (χ1n) is 8.07. The highest BCUT2D eigenvalue weighted by atomic mass is 16.5. The number of rotatable bonds is 6. The molecule has 0 saturated heterocycles. The Morgan fingerprint density at radius 2 is 1.68 bits per heavy atom. The summed E-state index contributed by atoms with van der Waals surface area (Å²) in [6.45, 7) is 2.60. The minimum absolute atomic E-state index is 0.180. The lowest BCUT2D eigenvalue weighted by molar-refractivity contribution is 0.102. The largest absolute Gasteiger partial charge is 0.494 e. The van der Waals surface area contributed by atoms with Gasteiger partial charge in [-0.15, -0.1) is 0 Å². The van der Waals surface area contributed by atoms with Crippen molar-refractivity contribution in [3.63, 3.8) is 0 Å². The number of nitrogens with zero attached hydrogens (tertiary/aromatic N) is 1. The molecule has 5 nitrogen and oxygen atoms in total. The second-order valence-corrected chi connectivity index (χ2v) is 5.33. The molecule has 2 aromatic carbocycles. The molecule has 0 radical (unpaired) electrons. The Kier molecular flexibility index (Phi) is 5.26. The van der Waals surface area contributed by atoms with E-state index in [1.165, 1.54) is 0 Å². The van der Waals surface area contributed by atoms with E-state index in [4.69, 9.17) is 4.74 Å². The van der Waals surface area contributed by atoms with Crippen molar-refractivity contribution in [2.45, 2.75) is 6.92 Å². The third-order valence-corrected chi connectivity index (χ3v) is 3.50. The van der Waals surface area contributed by atoms with E-state index in [0.717, 1.165) is 17.1 Å². The Hall–Kier alpha value is -3.34. The number of amides is 1. The first-order chi connectivity index (χ1) is 12.2. The number of benzene rings is 2. The Balaban J connectivity index is 1.61. The van der Waals surface area contributed by atoms with E-state index in [-0.39, 0.29) is 5.91 Å². The van der Waals surface area contributed by atoms with E-state index >= 15 is 0 Å². The summed E-state index contributed by atoms with van der Waals surface area (Å²) in [6, 6.07) is 20.4. The van der Waals surface area contributed by atoms with Crippen molar-refractivity contribution < 1.29 is 9.53 Å². The molecule has 1 aromatic heterocycles. The van der Waals surface area contributed by atoms with Crippen LogP contribution in [-0.4, -0.2) is 17.5 Å². The maximum atomic E-state index is 12.1. The molecule has 0 aliphatic carbocycles. The van der Waals surface area contributed by atoms with Gasteiger partial charge in [0.25, 0.3) is 5.91 Å². The van der Waals surface area contributed by atoms with E-state index in [2.05, 4.69) is 15.6 Å². The molecule has 0 aliphatic rings. The third kappa shape index (κ3) is 4.57. The molecule has 0 saturated carbocycles. The van der Waals surface area contributed by atoms with Crippen molar-refractivity contribution in [2.75, 3.05) is 17.2 Å². The number of carbonyl (C=O) groups is 1. The topological polar surface area (TPSA) is 63.2 Å². The lowest BCUT2D eigenvalue weighted by atomic mass is 10.2. The van der Waals surface area contributed by atoms with Gasteiger partial charge in [0.05, 0.1) is 18.5 Å². The van der Waals surface area contributed by atoms with Crippen LogP contribution in [0.15, 0.2) is 72.9 Å². The highest BCUT2D eigenvalue weighted by Gasteiger charge is 2.06. The molecule has 5 heteroatoms. The van der Waals surface area contributed by atoms with E-state index in [1.807, 2.05) is 55.5 Å². The Morgan fingerprint density at radius 1 is 0.960 bits per heavy atom. The van der Waals surface area contributed by atoms with Crippen molar-refractivity contribution in [1.82, 2.24) is 4.98 Å². The van der Waals surface area contributed by atoms with Gasteiger partial charge in [-0.1, -0.05) is 18.2 Å². The molecule has 1 amide bonds. The Morgan fingerprint density at radius 3 is 2.32 bits per heavy atom. The van der Waals surface area contributed by atoms with Crippen LogP contribution < -0.4 is 15.4 Å². The second kappa shape index (κ2) is 7.97. The average Bonchev–Trinajstić information content (AvgIpc) is 2.66. The number of anilines is 3. The molecule has 0 spiro atoms. The summed E-state index contributed by atoms with van der Waals surface area (Å²) in [4.78, 5) is 16.4. The molecule has 3 aromatic rings. The summed E-state index contributed by atoms with van der Waals surface area (Å²) in [7, 11) is 0. The van der Waals surface area contributed by atoms with Gasteiger partial charge in [-0.25, -0.2) is 4.98 Å². The molecule has 3 rings (SSSR count). The summed E-state index contributed by atoms with van der Waals surface area (Å²) in [5.74, 6) is 1.16. The predicted octanol–water partition coefficient (Wildman–Crippen LogP) is 4.48. The number of nitrogens with one attached hydrogen (secondary N) is 2. The molecular formula is C20H19N3O2. The second-order valence-electron chi connectivity index (χ2n) is 5.33. The molecule has 0 fully saturated rings. The van der Waals surface area contributed by atoms with Crippen molar-refractivity contribution in [3.8, 4) is 5.75 Å². The van der Waals surface area contributed by atoms with Crippen LogP contribution in [0.4, 0.5) is 17.2 Å². The van der Waals surface area contributed by atoms with Crippen molar-refractivity contribution >= 4 is 23.1 Å². The molecular weight excluding hydrogens is 314 g/mol. The van der Waals surface area contributed by atoms with Crippen LogP contribution >= 0.6 is 0 Å². The minimum atomic E-state index is -0.180. The number of ether oxygens (including phenoxy) is 1. The highest BCUT2D eigenvalue weighted by Crippen LogP contribution is 2.20. The Bertz CT molecular complexity index is 816. The zero-order valence-electron chi connectivity index (χ0n) is 13.9. The predicted molar refractivity (Wildman–Crippen MR) is 99.5 cm³/mol. The fourth-order valence-corrected chi connectivity index (χ4v) is 2.29. The van der Waals surface area contributed by atoms with Crippen molar-refractivity contribution in [2.24, 2.45) is 0 Å². The van der Waals surface area contributed by atoms with Crippen molar-refractivity contribution in [3.05, 3.63) is 78.5 Å². The molecule has 0 unspecified atom stereocenters. The fraction of sp³-hybridized carbons (Fsp3) is 0.100. The van der Waals surface area contributed by atoms with E-state index in [0.29, 0.717) is 18.0 Å². The molecule has 0 bridgehead atoms. The first-order valence-corrected chi connectivity index (χ1v) is 8.07. The maximum Gasteiger partial charge on any atom is 0.256 e. The van der Waals surface area contributed by atoms with Gasteiger partial charge < -0.3 is 15.4 Å². The number of hydrogen-bond donors (Lipinski definition) is 2. The molecule has 2 N–H and O–H groups in total. The summed E-state index contributed by atoms with van der Waals surface area (Å²) in [5, 5.41) is 6.03. The smallest absolute Gasteiger partial charge is 0.256 e. The van der Waals surface area contributed by atoms with Gasteiger partial charge in [0, 0.05) is 11.3 Å². The maximum absolute atomic E-state index is 12.1. The molecule has 1 heterocycles. The van der Waals surface area contributed by atoms with Crippen LogP contribution in [0.3, 0.4) is 0 Å². The van der Waals surface area contributed by atoms with Gasteiger partial charge in [0.2, 0.25) is 0 Å². The monoisotopic (exact) mass is 333 g/mol. The number of carbonyl (C=O) groups excluding carboxylic acids is 1. The van der Waals surface area contributed by atoms with Crippen molar-refractivity contribution in [1.29, 1.82) is 0 Å². The number of pyridine rings is 1. The summed E-state index contributed by atoms with van der Waals surface area (Å²) in [5.41, 5.74) is 2.37. The lowest BCUT2D eigenvalue weighted by Crippen LogP contribution is -2.12. The van der Waals surface area contributed by atoms with Gasteiger partial charge in [-0.2, -0.15) is 0 Å². The molecule has 0 atom stereocenters. The number of hydrogen-bond acceptors (Lipinski definition) is 4. The van der Waals surface area contributed by atoms with Gasteiger partial charge in [-0.05, 0) is 55.5 Å². The standard InChI is InChI=1S/C20H19N3O2/c1-2-25-18-11-8-16(9-12-18)22-17-10-13-19(21-14-17)23-20(24)15-6-4-3-5-7-15/h3-14,22H,2H2,1H3,(H,21,23,24). The molecule has 25 heavy (non-hydrogen) atoms. The van der Waals surface area contributed by atoms with Crippen LogP contribution in [0.5, 0.6) is 5.75 Å². The fourth-order valence-electron chi connectivity index (χ4n) is 2.29. The quantitative estimate of drug-likeness (QED) is 0.698. The van der Waals surface area contributed by atoms with E-state index in [9.17, 15) is 4.79 Å². The SMILES string of the molecule is CCOc1ccc(Nc2ccc(NC(=O)c3ccccc3)nc2)cc1. The Labute approximate surface area is 146 Å². The summed E-state index contributed by atoms with van der Waals surface area (Å²) >= 11 is 0.